The predicted molar refractivity (Wildman–Crippen MR) is 89.4 cm³/mol. The summed E-state index contributed by atoms with van der Waals surface area (Å²) < 4.78 is 6.81. The Morgan fingerprint density at radius 2 is 2.10 bits per heavy atom. The number of nitrogens with one attached hydrogen (secondary N) is 1. The van der Waals surface area contributed by atoms with Crippen molar-refractivity contribution in [2.24, 2.45) is 0 Å². The fourth-order valence-corrected chi connectivity index (χ4v) is 2.55. The zero-order valence-corrected chi connectivity index (χ0v) is 14.1. The minimum Gasteiger partial charge on any atom is -0.486 e. The molecule has 0 bridgehead atoms. The molecule has 21 heavy (non-hydrogen) atoms. The van der Waals surface area contributed by atoms with E-state index >= 15 is 0 Å². The average molecular weight is 349 g/mol. The maximum atomic E-state index is 5.83. The van der Waals surface area contributed by atoms with Crippen molar-refractivity contribution in [3.63, 3.8) is 0 Å². The van der Waals surface area contributed by atoms with Gasteiger partial charge in [0.2, 0.25) is 0 Å². The van der Waals surface area contributed by atoms with Crippen molar-refractivity contribution in [1.29, 1.82) is 0 Å². The van der Waals surface area contributed by atoms with Crippen LogP contribution >= 0.6 is 15.9 Å². The summed E-state index contributed by atoms with van der Waals surface area (Å²) in [5, 5.41) is 3.39. The first-order chi connectivity index (χ1) is 10.2. The summed E-state index contributed by atoms with van der Waals surface area (Å²) in [6, 6.07) is 12.1. The molecule has 0 fully saturated rings. The van der Waals surface area contributed by atoms with Crippen LogP contribution in [0.3, 0.4) is 0 Å². The molecular weight excluding hydrogens is 328 g/mol. The first-order valence-corrected chi connectivity index (χ1v) is 8.03. The second-order valence-corrected chi connectivity index (χ2v) is 5.85. The van der Waals surface area contributed by atoms with Crippen molar-refractivity contribution in [3.8, 4) is 5.75 Å². The van der Waals surface area contributed by atoms with E-state index in [9.17, 15) is 0 Å². The van der Waals surface area contributed by atoms with Crippen LogP contribution in [0, 0.1) is 6.92 Å². The highest BCUT2D eigenvalue weighted by molar-refractivity contribution is 9.10. The Morgan fingerprint density at radius 3 is 2.81 bits per heavy atom. The summed E-state index contributed by atoms with van der Waals surface area (Å²) in [7, 11) is 0. The van der Waals surface area contributed by atoms with Gasteiger partial charge < -0.3 is 10.1 Å². The molecule has 1 heterocycles. The maximum Gasteiger partial charge on any atom is 0.134 e. The van der Waals surface area contributed by atoms with Gasteiger partial charge in [0, 0.05) is 12.2 Å². The van der Waals surface area contributed by atoms with Crippen LogP contribution < -0.4 is 10.1 Å². The average Bonchev–Trinajstić information content (AvgIpc) is 2.47. The molecule has 0 saturated heterocycles. The quantitative estimate of drug-likeness (QED) is 0.760. The van der Waals surface area contributed by atoms with E-state index in [1.54, 1.807) is 0 Å². The van der Waals surface area contributed by atoms with Gasteiger partial charge in [-0.3, -0.25) is 4.98 Å². The van der Waals surface area contributed by atoms with Crippen LogP contribution in [0.1, 0.15) is 30.3 Å². The molecule has 0 aliphatic carbocycles. The molecule has 2 aromatic rings. The van der Waals surface area contributed by atoms with Crippen molar-refractivity contribution in [1.82, 2.24) is 10.3 Å². The Labute approximate surface area is 134 Å². The Hall–Kier alpha value is -1.39. The van der Waals surface area contributed by atoms with Gasteiger partial charge in [-0.25, -0.2) is 0 Å². The number of rotatable bonds is 7. The maximum absolute atomic E-state index is 5.83. The van der Waals surface area contributed by atoms with Gasteiger partial charge in [0.25, 0.3) is 0 Å². The number of hydrogen-bond acceptors (Lipinski definition) is 3. The number of pyridine rings is 1. The molecule has 0 spiro atoms. The van der Waals surface area contributed by atoms with Gasteiger partial charge in [-0.15, -0.1) is 0 Å². The van der Waals surface area contributed by atoms with E-state index in [4.69, 9.17) is 4.74 Å². The number of nitrogens with zero attached hydrogens (tertiary/aromatic N) is 1. The van der Waals surface area contributed by atoms with Crippen molar-refractivity contribution < 1.29 is 4.74 Å². The summed E-state index contributed by atoms with van der Waals surface area (Å²) >= 11 is 3.57. The van der Waals surface area contributed by atoms with Gasteiger partial charge in [-0.2, -0.15) is 0 Å². The standard InChI is InChI=1S/C17H21BrN2O/c1-3-9-19-11-14-7-8-17(16(18)10-14)21-12-15-6-4-5-13(2)20-15/h4-8,10,19H,3,9,11-12H2,1-2H3. The third-order valence-corrected chi connectivity index (χ3v) is 3.69. The van der Waals surface area contributed by atoms with Gasteiger partial charge in [-0.1, -0.05) is 19.1 Å². The summed E-state index contributed by atoms with van der Waals surface area (Å²) in [4.78, 5) is 4.44. The topological polar surface area (TPSA) is 34.1 Å². The van der Waals surface area contributed by atoms with E-state index in [0.29, 0.717) is 6.61 Å². The molecular formula is C17H21BrN2O. The molecule has 2 rings (SSSR count). The molecule has 0 unspecified atom stereocenters. The number of ether oxygens (including phenoxy) is 1. The molecule has 0 atom stereocenters. The highest BCUT2D eigenvalue weighted by Crippen LogP contribution is 2.26. The summed E-state index contributed by atoms with van der Waals surface area (Å²) in [6.45, 7) is 6.55. The second-order valence-electron chi connectivity index (χ2n) is 5.00. The van der Waals surface area contributed by atoms with Crippen LogP contribution in [0.2, 0.25) is 0 Å². The zero-order chi connectivity index (χ0) is 15.1. The van der Waals surface area contributed by atoms with Crippen LogP contribution in [0.15, 0.2) is 40.9 Å². The molecule has 1 aromatic carbocycles. The lowest BCUT2D eigenvalue weighted by Gasteiger charge is -2.10. The molecule has 0 aliphatic heterocycles. The largest absolute Gasteiger partial charge is 0.486 e. The van der Waals surface area contributed by atoms with Crippen LogP contribution in [-0.2, 0) is 13.2 Å². The normalized spacial score (nSPS) is 10.6. The van der Waals surface area contributed by atoms with Crippen LogP contribution in [0.25, 0.3) is 0 Å². The van der Waals surface area contributed by atoms with E-state index in [0.717, 1.165) is 41.1 Å². The first-order valence-electron chi connectivity index (χ1n) is 7.23. The third-order valence-electron chi connectivity index (χ3n) is 3.07. The summed E-state index contributed by atoms with van der Waals surface area (Å²) in [5.74, 6) is 0.845. The number of aromatic nitrogens is 1. The molecule has 0 saturated carbocycles. The first kappa shape index (κ1) is 16.0. The molecule has 1 aromatic heterocycles. The Kier molecular flexibility index (Phi) is 6.21. The predicted octanol–water partition coefficient (Wildman–Crippen LogP) is 4.23. The Morgan fingerprint density at radius 1 is 1.24 bits per heavy atom. The lowest BCUT2D eigenvalue weighted by molar-refractivity contribution is 0.299. The second kappa shape index (κ2) is 8.15. The van der Waals surface area contributed by atoms with Gasteiger partial charge in [0.1, 0.15) is 12.4 Å². The van der Waals surface area contributed by atoms with Crippen LogP contribution in [0.4, 0.5) is 0 Å². The van der Waals surface area contributed by atoms with E-state index in [1.807, 2.05) is 31.2 Å². The van der Waals surface area contributed by atoms with Gasteiger partial charge in [0.15, 0.2) is 0 Å². The molecule has 3 nitrogen and oxygen atoms in total. The number of benzene rings is 1. The summed E-state index contributed by atoms with van der Waals surface area (Å²) in [5.41, 5.74) is 3.19. The van der Waals surface area contributed by atoms with Crippen LogP contribution in [0.5, 0.6) is 5.75 Å². The lowest BCUT2D eigenvalue weighted by Crippen LogP contribution is -2.13. The molecule has 0 aliphatic rings. The fraction of sp³-hybridized carbons (Fsp3) is 0.353. The molecule has 112 valence electrons. The van der Waals surface area contributed by atoms with E-state index in [-0.39, 0.29) is 0 Å². The van der Waals surface area contributed by atoms with Crippen molar-refractivity contribution in [3.05, 3.63) is 57.8 Å². The minimum absolute atomic E-state index is 0.480. The summed E-state index contributed by atoms with van der Waals surface area (Å²) in [6.07, 6.45) is 1.14. The Bertz CT molecular complexity index is 587. The van der Waals surface area contributed by atoms with E-state index in [1.165, 1.54) is 5.56 Å². The highest BCUT2D eigenvalue weighted by atomic mass is 79.9. The van der Waals surface area contributed by atoms with E-state index in [2.05, 4.69) is 45.3 Å². The Balaban J connectivity index is 1.94. The number of halogens is 1. The molecule has 4 heteroatoms. The smallest absolute Gasteiger partial charge is 0.134 e. The minimum atomic E-state index is 0.480. The van der Waals surface area contributed by atoms with Crippen molar-refractivity contribution >= 4 is 15.9 Å². The fourth-order valence-electron chi connectivity index (χ4n) is 2.01. The lowest BCUT2D eigenvalue weighted by atomic mass is 10.2. The monoisotopic (exact) mass is 348 g/mol. The number of hydrogen-bond donors (Lipinski definition) is 1. The molecule has 1 N–H and O–H groups in total. The van der Waals surface area contributed by atoms with Gasteiger partial charge in [0.05, 0.1) is 10.2 Å². The molecule has 0 amide bonds. The van der Waals surface area contributed by atoms with E-state index < -0.39 is 0 Å². The van der Waals surface area contributed by atoms with Gasteiger partial charge >= 0.3 is 0 Å². The SMILES string of the molecule is CCCNCc1ccc(OCc2cccc(C)n2)c(Br)c1. The van der Waals surface area contributed by atoms with Crippen molar-refractivity contribution in [2.45, 2.75) is 33.4 Å². The highest BCUT2D eigenvalue weighted by Gasteiger charge is 2.04. The number of aryl methyl sites for hydroxylation is 1. The van der Waals surface area contributed by atoms with Crippen LogP contribution in [-0.4, -0.2) is 11.5 Å². The van der Waals surface area contributed by atoms with Gasteiger partial charge in [-0.05, 0) is 65.6 Å². The molecule has 0 radical (unpaired) electrons. The zero-order valence-electron chi connectivity index (χ0n) is 12.5. The van der Waals surface area contributed by atoms with Crippen molar-refractivity contribution in [2.75, 3.05) is 6.54 Å². The third kappa shape index (κ3) is 5.14.